The first-order valence-corrected chi connectivity index (χ1v) is 8.39. The minimum atomic E-state index is -0.391. The fourth-order valence-corrected chi connectivity index (χ4v) is 2.76. The van der Waals surface area contributed by atoms with Gasteiger partial charge in [-0.3, -0.25) is 4.79 Å². The molecule has 1 heterocycles. The van der Waals surface area contributed by atoms with Crippen LogP contribution in [0.3, 0.4) is 0 Å². The summed E-state index contributed by atoms with van der Waals surface area (Å²) >= 11 is 12.5. The predicted octanol–water partition coefficient (Wildman–Crippen LogP) is 4.33. The fourth-order valence-electron chi connectivity index (χ4n) is 2.19. The zero-order valence-corrected chi connectivity index (χ0v) is 15.8. The number of ether oxygens (including phenoxy) is 1. The molecule has 0 spiro atoms. The Bertz CT molecular complexity index is 864. The molecular weight excluding hydrogens is 363 g/mol. The van der Waals surface area contributed by atoms with Gasteiger partial charge >= 0.3 is 0 Å². The van der Waals surface area contributed by atoms with Gasteiger partial charge in [0.25, 0.3) is 5.56 Å². The number of aromatic nitrogens is 2. The van der Waals surface area contributed by atoms with Gasteiger partial charge < -0.3 is 10.1 Å². The summed E-state index contributed by atoms with van der Waals surface area (Å²) in [7, 11) is 1.56. The van der Waals surface area contributed by atoms with Gasteiger partial charge in [0.1, 0.15) is 6.04 Å². The van der Waals surface area contributed by atoms with Crippen LogP contribution in [0.2, 0.25) is 10.0 Å². The Morgan fingerprint density at radius 2 is 1.84 bits per heavy atom. The van der Waals surface area contributed by atoms with Gasteiger partial charge in [-0.1, -0.05) is 37.0 Å². The van der Waals surface area contributed by atoms with Gasteiger partial charge in [0.2, 0.25) is 5.88 Å². The summed E-state index contributed by atoms with van der Waals surface area (Å²) < 4.78 is 6.94. The number of nitrogens with zero attached hydrogens (tertiary/aromatic N) is 3. The number of halogens is 2. The van der Waals surface area contributed by atoms with Gasteiger partial charge in [0, 0.05) is 24.4 Å². The van der Waals surface area contributed by atoms with Gasteiger partial charge in [-0.05, 0) is 25.0 Å². The molecule has 1 atom stereocenters. The maximum Gasteiger partial charge on any atom is 0.270 e. The number of hydrogen-bond donors (Lipinski definition) is 1. The molecule has 0 saturated carbocycles. The summed E-state index contributed by atoms with van der Waals surface area (Å²) in [5, 5.41) is 16.4. The molecule has 1 unspecified atom stereocenters. The summed E-state index contributed by atoms with van der Waals surface area (Å²) in [4.78, 5) is 12.1. The Hall–Kier alpha value is -2.23. The molecule has 8 heteroatoms. The number of nitriles is 1. The van der Waals surface area contributed by atoms with E-state index in [2.05, 4.69) is 16.5 Å². The van der Waals surface area contributed by atoms with E-state index in [0.717, 1.165) is 0 Å². The van der Waals surface area contributed by atoms with Crippen molar-refractivity contribution in [2.75, 3.05) is 5.32 Å². The monoisotopic (exact) mass is 380 g/mol. The second-order valence-electron chi connectivity index (χ2n) is 5.89. The Morgan fingerprint density at radius 1 is 1.24 bits per heavy atom. The molecule has 0 aliphatic heterocycles. The van der Waals surface area contributed by atoms with Crippen molar-refractivity contribution in [1.82, 2.24) is 9.78 Å². The van der Waals surface area contributed by atoms with Crippen molar-refractivity contribution < 1.29 is 4.74 Å². The summed E-state index contributed by atoms with van der Waals surface area (Å²) in [5.74, 6) is 0.481. The normalized spacial score (nSPS) is 11.9. The Labute approximate surface area is 155 Å². The van der Waals surface area contributed by atoms with Crippen LogP contribution in [0.25, 0.3) is 0 Å². The van der Waals surface area contributed by atoms with Crippen LogP contribution in [0.4, 0.5) is 5.69 Å². The minimum Gasteiger partial charge on any atom is -0.434 e. The predicted molar refractivity (Wildman–Crippen MR) is 98.8 cm³/mol. The quantitative estimate of drug-likeness (QED) is 0.834. The zero-order chi connectivity index (χ0) is 18.7. The molecule has 1 aromatic heterocycles. The van der Waals surface area contributed by atoms with Crippen LogP contribution >= 0.6 is 23.2 Å². The standard InChI is InChI=1S/C17H18Cl2N4O2/c1-9(2)12-7-15(22-23(4)17(12)24)25-16-13(18)5-11(6-14(16)19)21-10(3)8-20/h5-7,9-10,21H,1-4H3. The van der Waals surface area contributed by atoms with Gasteiger partial charge in [-0.2, -0.15) is 5.26 Å². The lowest BCUT2D eigenvalue weighted by Gasteiger charge is -2.14. The molecule has 0 aliphatic rings. The SMILES string of the molecule is CC(C#N)Nc1cc(Cl)c(Oc2cc(C(C)C)c(=O)n(C)n2)c(Cl)c1. The maximum atomic E-state index is 12.1. The molecule has 0 aliphatic carbocycles. The van der Waals surface area contributed by atoms with E-state index in [0.29, 0.717) is 11.3 Å². The van der Waals surface area contributed by atoms with Crippen LogP contribution in [-0.4, -0.2) is 15.8 Å². The summed E-state index contributed by atoms with van der Waals surface area (Å²) in [6, 6.07) is 6.49. The third-order valence-electron chi connectivity index (χ3n) is 3.47. The molecule has 2 aromatic rings. The smallest absolute Gasteiger partial charge is 0.270 e. The Kier molecular flexibility index (Phi) is 5.93. The van der Waals surface area contributed by atoms with Crippen LogP contribution in [0.1, 0.15) is 32.3 Å². The number of rotatable bonds is 5. The molecule has 2 rings (SSSR count). The highest BCUT2D eigenvalue weighted by Crippen LogP contribution is 2.38. The number of anilines is 1. The average Bonchev–Trinajstić information content (AvgIpc) is 2.53. The Balaban J connectivity index is 2.38. The van der Waals surface area contributed by atoms with Gasteiger partial charge in [-0.25, -0.2) is 4.68 Å². The van der Waals surface area contributed by atoms with Crippen LogP contribution in [-0.2, 0) is 7.05 Å². The lowest BCUT2D eigenvalue weighted by Crippen LogP contribution is -2.24. The van der Waals surface area contributed by atoms with Gasteiger partial charge in [0.05, 0.1) is 16.1 Å². The van der Waals surface area contributed by atoms with Crippen molar-refractivity contribution in [3.63, 3.8) is 0 Å². The molecule has 1 aromatic carbocycles. The average molecular weight is 381 g/mol. The van der Waals surface area contributed by atoms with Crippen LogP contribution in [0.5, 0.6) is 11.6 Å². The van der Waals surface area contributed by atoms with Crippen LogP contribution in [0, 0.1) is 11.3 Å². The van der Waals surface area contributed by atoms with Crippen molar-refractivity contribution >= 4 is 28.9 Å². The number of nitrogens with one attached hydrogen (secondary N) is 1. The molecular formula is C17H18Cl2N4O2. The van der Waals surface area contributed by atoms with E-state index in [-0.39, 0.29) is 33.2 Å². The summed E-state index contributed by atoms with van der Waals surface area (Å²) in [5.41, 5.74) is 1.01. The first-order chi connectivity index (χ1) is 11.7. The lowest BCUT2D eigenvalue weighted by molar-refractivity contribution is 0.437. The first-order valence-electron chi connectivity index (χ1n) is 7.64. The maximum absolute atomic E-state index is 12.1. The molecule has 6 nitrogen and oxygen atoms in total. The van der Waals surface area contributed by atoms with E-state index < -0.39 is 6.04 Å². The van der Waals surface area contributed by atoms with Crippen molar-refractivity contribution in [1.29, 1.82) is 5.26 Å². The summed E-state index contributed by atoms with van der Waals surface area (Å²) in [6.07, 6.45) is 0. The van der Waals surface area contributed by atoms with Crippen molar-refractivity contribution in [2.45, 2.75) is 32.7 Å². The number of benzene rings is 1. The van der Waals surface area contributed by atoms with E-state index in [1.165, 1.54) is 4.68 Å². The Morgan fingerprint density at radius 3 is 2.36 bits per heavy atom. The number of aryl methyl sites for hydroxylation is 1. The second-order valence-corrected chi connectivity index (χ2v) is 6.70. The van der Waals surface area contributed by atoms with Crippen LogP contribution in [0.15, 0.2) is 23.0 Å². The highest BCUT2D eigenvalue weighted by Gasteiger charge is 2.15. The molecule has 132 valence electrons. The lowest BCUT2D eigenvalue weighted by atomic mass is 10.1. The topological polar surface area (TPSA) is 79.9 Å². The third kappa shape index (κ3) is 4.44. The van der Waals surface area contributed by atoms with E-state index >= 15 is 0 Å². The molecule has 0 bridgehead atoms. The van der Waals surface area contributed by atoms with E-state index in [1.54, 1.807) is 32.2 Å². The molecule has 0 fully saturated rings. The van der Waals surface area contributed by atoms with Gasteiger partial charge in [0.15, 0.2) is 5.75 Å². The minimum absolute atomic E-state index is 0.0223. The van der Waals surface area contributed by atoms with Crippen LogP contribution < -0.4 is 15.6 Å². The molecule has 0 amide bonds. The van der Waals surface area contributed by atoms with E-state index in [9.17, 15) is 4.79 Å². The second kappa shape index (κ2) is 7.77. The van der Waals surface area contributed by atoms with Crippen molar-refractivity contribution in [3.8, 4) is 17.7 Å². The fraction of sp³-hybridized carbons (Fsp3) is 0.353. The van der Waals surface area contributed by atoms with Crippen molar-refractivity contribution in [3.05, 3.63) is 44.2 Å². The van der Waals surface area contributed by atoms with Gasteiger partial charge in [-0.15, -0.1) is 5.10 Å². The highest BCUT2D eigenvalue weighted by molar-refractivity contribution is 6.37. The summed E-state index contributed by atoms with van der Waals surface area (Å²) in [6.45, 7) is 5.54. The molecule has 1 N–H and O–H groups in total. The zero-order valence-electron chi connectivity index (χ0n) is 14.3. The molecule has 0 saturated heterocycles. The molecule has 25 heavy (non-hydrogen) atoms. The number of hydrogen-bond acceptors (Lipinski definition) is 5. The van der Waals surface area contributed by atoms with E-state index in [4.69, 9.17) is 33.2 Å². The van der Waals surface area contributed by atoms with Crippen molar-refractivity contribution in [2.24, 2.45) is 7.05 Å². The first kappa shape index (κ1) is 19.1. The third-order valence-corrected chi connectivity index (χ3v) is 4.03. The highest BCUT2D eigenvalue weighted by atomic mass is 35.5. The molecule has 0 radical (unpaired) electrons. The largest absolute Gasteiger partial charge is 0.434 e. The van der Waals surface area contributed by atoms with E-state index in [1.807, 2.05) is 13.8 Å².